The molecular formula is C15H15N3S. The zero-order chi connectivity index (χ0) is 12.9. The van der Waals surface area contributed by atoms with Gasteiger partial charge in [0.05, 0.1) is 0 Å². The number of thiophene rings is 1. The molecule has 3 nitrogen and oxygen atoms in total. The van der Waals surface area contributed by atoms with E-state index in [2.05, 4.69) is 31.7 Å². The van der Waals surface area contributed by atoms with Crippen LogP contribution in [0.2, 0.25) is 0 Å². The molecule has 0 amide bonds. The van der Waals surface area contributed by atoms with E-state index in [1.165, 1.54) is 5.56 Å². The van der Waals surface area contributed by atoms with E-state index >= 15 is 0 Å². The monoisotopic (exact) mass is 269 g/mol. The van der Waals surface area contributed by atoms with Crippen molar-refractivity contribution in [1.29, 1.82) is 0 Å². The van der Waals surface area contributed by atoms with E-state index in [1.54, 1.807) is 11.3 Å². The molecule has 1 aromatic carbocycles. The quantitative estimate of drug-likeness (QED) is 0.760. The molecule has 0 unspecified atom stereocenters. The van der Waals surface area contributed by atoms with Crippen molar-refractivity contribution in [3.63, 3.8) is 0 Å². The van der Waals surface area contributed by atoms with Gasteiger partial charge in [-0.2, -0.15) is 11.3 Å². The second-order valence-electron chi connectivity index (χ2n) is 4.32. The Kier molecular flexibility index (Phi) is 3.61. The lowest BCUT2D eigenvalue weighted by atomic mass is 10.2. The maximum absolute atomic E-state index is 4.37. The number of aromatic nitrogens is 2. The molecule has 0 fully saturated rings. The van der Waals surface area contributed by atoms with Gasteiger partial charge in [-0.3, -0.25) is 0 Å². The fraction of sp³-hybridized carbons (Fsp3) is 0.133. The summed E-state index contributed by atoms with van der Waals surface area (Å²) in [7, 11) is 0. The minimum Gasteiger partial charge on any atom is -0.326 e. The van der Waals surface area contributed by atoms with Crippen molar-refractivity contribution in [2.24, 2.45) is 0 Å². The molecule has 0 saturated carbocycles. The molecule has 4 heteroatoms. The van der Waals surface area contributed by atoms with Gasteiger partial charge in [0.15, 0.2) is 0 Å². The van der Waals surface area contributed by atoms with Crippen LogP contribution in [-0.4, -0.2) is 9.55 Å². The van der Waals surface area contributed by atoms with E-state index in [0.717, 1.165) is 24.6 Å². The van der Waals surface area contributed by atoms with Crippen LogP contribution in [0.5, 0.6) is 0 Å². The maximum atomic E-state index is 4.37. The van der Waals surface area contributed by atoms with E-state index in [0.29, 0.717) is 0 Å². The van der Waals surface area contributed by atoms with Crippen molar-refractivity contribution in [3.8, 4) is 0 Å². The van der Waals surface area contributed by atoms with Crippen LogP contribution in [0, 0.1) is 0 Å². The van der Waals surface area contributed by atoms with Crippen molar-refractivity contribution in [2.75, 3.05) is 5.32 Å². The Labute approximate surface area is 116 Å². The summed E-state index contributed by atoms with van der Waals surface area (Å²) in [6.45, 7) is 0.936. The Morgan fingerprint density at radius 1 is 1.16 bits per heavy atom. The molecule has 2 aromatic heterocycles. The van der Waals surface area contributed by atoms with E-state index in [4.69, 9.17) is 0 Å². The summed E-state index contributed by atoms with van der Waals surface area (Å²) in [5.41, 5.74) is 2.44. The topological polar surface area (TPSA) is 29.9 Å². The normalized spacial score (nSPS) is 10.5. The summed E-state index contributed by atoms with van der Waals surface area (Å²) in [5.74, 6) is 0.890. The van der Waals surface area contributed by atoms with Crippen molar-refractivity contribution < 1.29 is 0 Å². The molecule has 0 radical (unpaired) electrons. The van der Waals surface area contributed by atoms with Crippen LogP contribution in [0.15, 0.2) is 59.6 Å². The molecule has 0 aliphatic heterocycles. The summed E-state index contributed by atoms with van der Waals surface area (Å²) >= 11 is 1.74. The maximum Gasteiger partial charge on any atom is 0.207 e. The molecule has 3 rings (SSSR count). The van der Waals surface area contributed by atoms with Crippen LogP contribution in [0.25, 0.3) is 0 Å². The van der Waals surface area contributed by atoms with Gasteiger partial charge in [-0.1, -0.05) is 18.2 Å². The second kappa shape index (κ2) is 5.71. The number of hydrogen-bond donors (Lipinski definition) is 1. The minimum absolute atomic E-state index is 0.890. The highest BCUT2D eigenvalue weighted by molar-refractivity contribution is 7.07. The Morgan fingerprint density at radius 3 is 2.84 bits per heavy atom. The largest absolute Gasteiger partial charge is 0.326 e. The Morgan fingerprint density at radius 2 is 2.05 bits per heavy atom. The fourth-order valence-corrected chi connectivity index (χ4v) is 2.65. The van der Waals surface area contributed by atoms with Gasteiger partial charge in [-0.15, -0.1) is 0 Å². The number of nitrogens with zero attached hydrogens (tertiary/aromatic N) is 2. The molecule has 96 valence electrons. The number of nitrogens with one attached hydrogen (secondary N) is 1. The fourth-order valence-electron chi connectivity index (χ4n) is 1.95. The number of aryl methyl sites for hydroxylation is 2. The predicted molar refractivity (Wildman–Crippen MR) is 80.0 cm³/mol. The molecule has 0 spiro atoms. The van der Waals surface area contributed by atoms with Crippen LogP contribution in [0.1, 0.15) is 5.56 Å². The van der Waals surface area contributed by atoms with Gasteiger partial charge in [0.25, 0.3) is 0 Å². The number of anilines is 2. The third-order valence-electron chi connectivity index (χ3n) is 2.97. The molecule has 0 saturated heterocycles. The van der Waals surface area contributed by atoms with Crippen LogP contribution < -0.4 is 5.32 Å². The van der Waals surface area contributed by atoms with Gasteiger partial charge in [0, 0.05) is 24.6 Å². The zero-order valence-electron chi connectivity index (χ0n) is 10.5. The zero-order valence-corrected chi connectivity index (χ0v) is 11.3. The first kappa shape index (κ1) is 12.0. The first-order chi connectivity index (χ1) is 9.42. The van der Waals surface area contributed by atoms with Crippen molar-refractivity contribution >= 4 is 23.0 Å². The summed E-state index contributed by atoms with van der Waals surface area (Å²) in [6.07, 6.45) is 4.87. The van der Waals surface area contributed by atoms with Crippen molar-refractivity contribution in [1.82, 2.24) is 9.55 Å². The third-order valence-corrected chi connectivity index (χ3v) is 3.70. The lowest BCUT2D eigenvalue weighted by Gasteiger charge is -2.09. The smallest absolute Gasteiger partial charge is 0.207 e. The third kappa shape index (κ3) is 3.03. The molecule has 2 heterocycles. The summed E-state index contributed by atoms with van der Waals surface area (Å²) < 4.78 is 2.14. The standard InChI is InChI=1S/C15H15N3S/c1-2-4-14(5-3-1)17-15-16-8-10-18(15)9-6-13-7-11-19-12-13/h1-5,7-8,10-12H,6,9H2,(H,16,17). The lowest BCUT2D eigenvalue weighted by Crippen LogP contribution is -2.05. The molecular weight excluding hydrogens is 254 g/mol. The number of para-hydroxylation sites is 1. The summed E-state index contributed by atoms with van der Waals surface area (Å²) in [5, 5.41) is 7.65. The highest BCUT2D eigenvalue weighted by atomic mass is 32.1. The van der Waals surface area contributed by atoms with E-state index in [9.17, 15) is 0 Å². The molecule has 1 N–H and O–H groups in total. The second-order valence-corrected chi connectivity index (χ2v) is 5.10. The van der Waals surface area contributed by atoms with Crippen LogP contribution >= 0.6 is 11.3 Å². The van der Waals surface area contributed by atoms with Gasteiger partial charge in [-0.25, -0.2) is 4.98 Å². The number of imidazole rings is 1. The van der Waals surface area contributed by atoms with E-state index in [1.807, 2.05) is 42.7 Å². The van der Waals surface area contributed by atoms with Gasteiger partial charge < -0.3 is 9.88 Å². The SMILES string of the molecule is c1ccc(Nc2nccn2CCc2ccsc2)cc1. The van der Waals surface area contributed by atoms with Crippen LogP contribution in [-0.2, 0) is 13.0 Å². The Balaban J connectivity index is 1.68. The van der Waals surface area contributed by atoms with E-state index < -0.39 is 0 Å². The van der Waals surface area contributed by atoms with Crippen molar-refractivity contribution in [2.45, 2.75) is 13.0 Å². The van der Waals surface area contributed by atoms with Crippen LogP contribution in [0.3, 0.4) is 0 Å². The average Bonchev–Trinajstić information content (AvgIpc) is 3.09. The van der Waals surface area contributed by atoms with Gasteiger partial charge in [0.2, 0.25) is 5.95 Å². The Bertz CT molecular complexity index is 614. The lowest BCUT2D eigenvalue weighted by molar-refractivity contribution is 0.705. The average molecular weight is 269 g/mol. The molecule has 0 aliphatic carbocycles. The Hall–Kier alpha value is -2.07. The van der Waals surface area contributed by atoms with Gasteiger partial charge in [-0.05, 0) is 40.9 Å². The molecule has 0 aliphatic rings. The number of rotatable bonds is 5. The first-order valence-electron chi connectivity index (χ1n) is 6.26. The van der Waals surface area contributed by atoms with Gasteiger partial charge >= 0.3 is 0 Å². The van der Waals surface area contributed by atoms with E-state index in [-0.39, 0.29) is 0 Å². The van der Waals surface area contributed by atoms with Gasteiger partial charge in [0.1, 0.15) is 0 Å². The number of benzene rings is 1. The molecule has 19 heavy (non-hydrogen) atoms. The predicted octanol–water partition coefficient (Wildman–Crippen LogP) is 3.93. The molecule has 0 atom stereocenters. The van der Waals surface area contributed by atoms with Crippen molar-refractivity contribution in [3.05, 3.63) is 65.1 Å². The highest BCUT2D eigenvalue weighted by Gasteiger charge is 2.03. The first-order valence-corrected chi connectivity index (χ1v) is 7.20. The minimum atomic E-state index is 0.890. The highest BCUT2D eigenvalue weighted by Crippen LogP contribution is 2.15. The molecule has 0 bridgehead atoms. The molecule has 3 aromatic rings. The summed E-state index contributed by atoms with van der Waals surface area (Å²) in [4.78, 5) is 4.37. The number of hydrogen-bond acceptors (Lipinski definition) is 3. The summed E-state index contributed by atoms with van der Waals surface area (Å²) in [6, 6.07) is 12.3. The van der Waals surface area contributed by atoms with Crippen LogP contribution in [0.4, 0.5) is 11.6 Å².